The summed E-state index contributed by atoms with van der Waals surface area (Å²) < 4.78 is 9.62. The van der Waals surface area contributed by atoms with Crippen molar-refractivity contribution >= 4 is 5.97 Å². The summed E-state index contributed by atoms with van der Waals surface area (Å²) in [5.41, 5.74) is 0. The number of carboxylic acid groups (broad SMARTS) is 1. The highest BCUT2D eigenvalue weighted by molar-refractivity contribution is 5.72. The Labute approximate surface area is 52.4 Å². The second kappa shape index (κ2) is 2.33. The summed E-state index contributed by atoms with van der Waals surface area (Å²) in [6, 6.07) is 0. The van der Waals surface area contributed by atoms with Crippen LogP contribution in [-0.2, 0) is 14.3 Å². The van der Waals surface area contributed by atoms with Crippen molar-refractivity contribution in [3.8, 4) is 0 Å². The van der Waals surface area contributed by atoms with Crippen molar-refractivity contribution in [2.24, 2.45) is 0 Å². The minimum atomic E-state index is -0.959. The van der Waals surface area contributed by atoms with Gasteiger partial charge in [-0.05, 0) is 6.92 Å². The Balaban J connectivity index is 2.39. The van der Waals surface area contributed by atoms with E-state index in [2.05, 4.69) is 0 Å². The Morgan fingerprint density at radius 1 is 1.78 bits per heavy atom. The van der Waals surface area contributed by atoms with Crippen LogP contribution in [0.3, 0.4) is 0 Å². The van der Waals surface area contributed by atoms with E-state index in [-0.39, 0.29) is 12.9 Å². The third kappa shape index (κ3) is 1.40. The van der Waals surface area contributed by atoms with Gasteiger partial charge in [0, 0.05) is 0 Å². The monoisotopic (exact) mass is 132 g/mol. The molecule has 1 aliphatic rings. The summed E-state index contributed by atoms with van der Waals surface area (Å²) in [6.07, 6.45) is -1.13. The largest absolute Gasteiger partial charge is 0.479 e. The fourth-order valence-corrected chi connectivity index (χ4v) is 0.662. The fourth-order valence-electron chi connectivity index (χ4n) is 0.662. The number of aliphatic carboxylic acids is 1. The minimum Gasteiger partial charge on any atom is -0.479 e. The SMILES string of the molecule is CC1OCC(C(=O)O)O1. The van der Waals surface area contributed by atoms with Gasteiger partial charge in [-0.3, -0.25) is 0 Å². The molecule has 1 saturated heterocycles. The van der Waals surface area contributed by atoms with Crippen molar-refractivity contribution in [3.63, 3.8) is 0 Å². The van der Waals surface area contributed by atoms with Crippen LogP contribution < -0.4 is 0 Å². The van der Waals surface area contributed by atoms with Gasteiger partial charge >= 0.3 is 5.97 Å². The van der Waals surface area contributed by atoms with E-state index in [4.69, 9.17) is 14.6 Å². The quantitative estimate of drug-likeness (QED) is 0.538. The van der Waals surface area contributed by atoms with Crippen molar-refractivity contribution in [3.05, 3.63) is 0 Å². The van der Waals surface area contributed by atoms with Gasteiger partial charge in [0.2, 0.25) is 0 Å². The summed E-state index contributed by atoms with van der Waals surface area (Å²) >= 11 is 0. The maximum absolute atomic E-state index is 10.1. The molecule has 52 valence electrons. The molecule has 0 radical (unpaired) electrons. The molecule has 0 spiro atoms. The number of rotatable bonds is 1. The molecule has 0 aliphatic carbocycles. The standard InChI is InChI=1S/C5H8O4/c1-3-8-2-4(9-3)5(6)7/h3-4H,2H2,1H3,(H,6,7). The maximum atomic E-state index is 10.1. The number of hydrogen-bond acceptors (Lipinski definition) is 3. The topological polar surface area (TPSA) is 55.8 Å². The van der Waals surface area contributed by atoms with Gasteiger partial charge in [-0.25, -0.2) is 4.79 Å². The molecule has 1 aliphatic heterocycles. The molecule has 0 amide bonds. The number of carboxylic acids is 1. The van der Waals surface area contributed by atoms with Crippen LogP contribution in [0.5, 0.6) is 0 Å². The summed E-state index contributed by atoms with van der Waals surface area (Å²) in [4.78, 5) is 10.1. The average Bonchev–Trinajstić information content (AvgIpc) is 2.14. The molecular formula is C5H8O4. The van der Waals surface area contributed by atoms with Crippen molar-refractivity contribution in [1.29, 1.82) is 0 Å². The minimum absolute atomic E-state index is 0.163. The Bertz CT molecular complexity index is 122. The zero-order chi connectivity index (χ0) is 6.85. The lowest BCUT2D eigenvalue weighted by Crippen LogP contribution is -2.22. The average molecular weight is 132 g/mol. The highest BCUT2D eigenvalue weighted by Crippen LogP contribution is 2.09. The first-order valence-electron chi connectivity index (χ1n) is 2.70. The molecule has 1 heterocycles. The van der Waals surface area contributed by atoms with E-state index < -0.39 is 12.1 Å². The van der Waals surface area contributed by atoms with Crippen LogP contribution in [-0.4, -0.2) is 30.1 Å². The van der Waals surface area contributed by atoms with Gasteiger partial charge in [-0.15, -0.1) is 0 Å². The van der Waals surface area contributed by atoms with Crippen LogP contribution in [0.4, 0.5) is 0 Å². The van der Waals surface area contributed by atoms with Crippen LogP contribution in [0.25, 0.3) is 0 Å². The van der Waals surface area contributed by atoms with Crippen molar-refractivity contribution in [2.45, 2.75) is 19.3 Å². The van der Waals surface area contributed by atoms with Crippen molar-refractivity contribution < 1.29 is 19.4 Å². The molecule has 2 atom stereocenters. The number of carbonyl (C=O) groups is 1. The number of hydrogen-bond donors (Lipinski definition) is 1. The predicted molar refractivity (Wildman–Crippen MR) is 27.9 cm³/mol. The molecule has 0 saturated carbocycles. The molecular weight excluding hydrogens is 124 g/mol. The van der Waals surface area contributed by atoms with Crippen LogP contribution in [0.1, 0.15) is 6.92 Å². The second-order valence-electron chi connectivity index (χ2n) is 1.86. The molecule has 9 heavy (non-hydrogen) atoms. The van der Waals surface area contributed by atoms with E-state index in [1.54, 1.807) is 6.92 Å². The third-order valence-corrected chi connectivity index (χ3v) is 1.11. The molecule has 1 fully saturated rings. The van der Waals surface area contributed by atoms with E-state index >= 15 is 0 Å². The normalized spacial score (nSPS) is 34.8. The summed E-state index contributed by atoms with van der Waals surface area (Å²) in [5.74, 6) is -0.959. The molecule has 0 bridgehead atoms. The zero-order valence-corrected chi connectivity index (χ0v) is 5.03. The first-order valence-corrected chi connectivity index (χ1v) is 2.70. The zero-order valence-electron chi connectivity index (χ0n) is 5.03. The van der Waals surface area contributed by atoms with Crippen LogP contribution in [0, 0.1) is 0 Å². The van der Waals surface area contributed by atoms with Gasteiger partial charge < -0.3 is 14.6 Å². The van der Waals surface area contributed by atoms with Crippen LogP contribution in [0.2, 0.25) is 0 Å². The molecule has 0 aromatic rings. The second-order valence-corrected chi connectivity index (χ2v) is 1.86. The van der Waals surface area contributed by atoms with Crippen molar-refractivity contribution in [2.75, 3.05) is 6.61 Å². The van der Waals surface area contributed by atoms with Crippen LogP contribution >= 0.6 is 0 Å². The van der Waals surface area contributed by atoms with Gasteiger partial charge in [0.1, 0.15) is 0 Å². The molecule has 4 nitrogen and oxygen atoms in total. The molecule has 0 aromatic heterocycles. The molecule has 1 rings (SSSR count). The highest BCUT2D eigenvalue weighted by Gasteiger charge is 2.28. The lowest BCUT2D eigenvalue weighted by atomic mass is 10.4. The smallest absolute Gasteiger partial charge is 0.335 e. The van der Waals surface area contributed by atoms with Gasteiger partial charge in [-0.2, -0.15) is 0 Å². The third-order valence-electron chi connectivity index (χ3n) is 1.11. The Kier molecular flexibility index (Phi) is 1.68. The highest BCUT2D eigenvalue weighted by atomic mass is 16.7. The predicted octanol–water partition coefficient (Wildman–Crippen LogP) is -0.168. The van der Waals surface area contributed by atoms with E-state index in [0.29, 0.717) is 0 Å². The van der Waals surface area contributed by atoms with Crippen LogP contribution in [0.15, 0.2) is 0 Å². The summed E-state index contributed by atoms with van der Waals surface area (Å²) in [6.45, 7) is 1.83. The van der Waals surface area contributed by atoms with Gasteiger partial charge in [0.25, 0.3) is 0 Å². The molecule has 4 heteroatoms. The molecule has 2 unspecified atom stereocenters. The lowest BCUT2D eigenvalue weighted by Gasteiger charge is -2.00. The fraction of sp³-hybridized carbons (Fsp3) is 0.800. The van der Waals surface area contributed by atoms with Gasteiger partial charge in [0.15, 0.2) is 12.4 Å². The summed E-state index contributed by atoms with van der Waals surface area (Å²) in [5, 5.41) is 8.33. The van der Waals surface area contributed by atoms with E-state index in [1.807, 2.05) is 0 Å². The Morgan fingerprint density at radius 2 is 2.44 bits per heavy atom. The molecule has 0 aromatic carbocycles. The van der Waals surface area contributed by atoms with Gasteiger partial charge in [-0.1, -0.05) is 0 Å². The van der Waals surface area contributed by atoms with Gasteiger partial charge in [0.05, 0.1) is 6.61 Å². The first-order chi connectivity index (χ1) is 4.20. The van der Waals surface area contributed by atoms with E-state index in [9.17, 15) is 4.79 Å². The molecule has 1 N–H and O–H groups in total. The van der Waals surface area contributed by atoms with E-state index in [0.717, 1.165) is 0 Å². The summed E-state index contributed by atoms with van der Waals surface area (Å²) in [7, 11) is 0. The van der Waals surface area contributed by atoms with Crippen molar-refractivity contribution in [1.82, 2.24) is 0 Å². The lowest BCUT2D eigenvalue weighted by molar-refractivity contribution is -0.149. The first kappa shape index (κ1) is 6.51. The Hall–Kier alpha value is -0.610. The number of ether oxygens (including phenoxy) is 2. The Morgan fingerprint density at radius 3 is 2.67 bits per heavy atom. The maximum Gasteiger partial charge on any atom is 0.335 e. The van der Waals surface area contributed by atoms with E-state index in [1.165, 1.54) is 0 Å².